The highest BCUT2D eigenvalue weighted by molar-refractivity contribution is 6.46. The highest BCUT2D eigenvalue weighted by Crippen LogP contribution is 2.40. The Hall–Kier alpha value is -3.80. The first-order valence-corrected chi connectivity index (χ1v) is 12.2. The van der Waals surface area contributed by atoms with E-state index in [9.17, 15) is 14.7 Å². The van der Waals surface area contributed by atoms with Gasteiger partial charge in [0.1, 0.15) is 17.3 Å². The third kappa shape index (κ3) is 5.32. The Bertz CT molecular complexity index is 1180. The molecule has 0 spiro atoms. The normalized spacial score (nSPS) is 17.2. The average molecular weight is 474 g/mol. The molecule has 3 aromatic rings. The number of likely N-dealkylation sites (tertiary alicyclic amines) is 1. The Labute approximate surface area is 205 Å². The molecule has 0 radical (unpaired) electrons. The van der Waals surface area contributed by atoms with Crippen molar-refractivity contribution in [3.05, 3.63) is 95.0 Å². The maximum absolute atomic E-state index is 13.2. The summed E-state index contributed by atoms with van der Waals surface area (Å²) in [7, 11) is 0. The van der Waals surface area contributed by atoms with Gasteiger partial charge >= 0.3 is 0 Å². The summed E-state index contributed by atoms with van der Waals surface area (Å²) in [4.78, 5) is 27.7. The fourth-order valence-corrected chi connectivity index (χ4v) is 4.30. The summed E-state index contributed by atoms with van der Waals surface area (Å²) in [5, 5.41) is 11.2. The molecule has 2 aromatic carbocycles. The molecule has 1 saturated heterocycles. The van der Waals surface area contributed by atoms with Crippen LogP contribution in [-0.4, -0.2) is 28.3 Å². The molecule has 182 valence electrons. The maximum atomic E-state index is 13.2. The number of aliphatic hydroxyl groups is 1. The zero-order valence-corrected chi connectivity index (χ0v) is 20.2. The van der Waals surface area contributed by atoms with Gasteiger partial charge in [-0.2, -0.15) is 0 Å². The fraction of sp³-hybridized carbons (Fsp3) is 0.310. The van der Waals surface area contributed by atoms with E-state index < -0.39 is 17.7 Å². The van der Waals surface area contributed by atoms with Crippen molar-refractivity contribution >= 4 is 17.4 Å². The number of carbonyl (C=O) groups is 2. The Kier molecular flexibility index (Phi) is 7.70. The second kappa shape index (κ2) is 11.1. The van der Waals surface area contributed by atoms with E-state index >= 15 is 0 Å². The molecule has 35 heavy (non-hydrogen) atoms. The van der Waals surface area contributed by atoms with Gasteiger partial charge in [0.15, 0.2) is 0 Å². The number of furan rings is 1. The summed E-state index contributed by atoms with van der Waals surface area (Å²) in [6.45, 7) is 4.96. The van der Waals surface area contributed by atoms with Gasteiger partial charge in [-0.3, -0.25) is 9.59 Å². The van der Waals surface area contributed by atoms with Crippen molar-refractivity contribution in [2.75, 3.05) is 6.61 Å². The molecule has 1 atom stereocenters. The van der Waals surface area contributed by atoms with Crippen molar-refractivity contribution in [3.8, 4) is 5.75 Å². The minimum absolute atomic E-state index is 0.0717. The van der Waals surface area contributed by atoms with Crippen LogP contribution in [0.1, 0.15) is 61.6 Å². The molecule has 6 nitrogen and oxygen atoms in total. The highest BCUT2D eigenvalue weighted by atomic mass is 16.5. The molecule has 0 saturated carbocycles. The maximum Gasteiger partial charge on any atom is 0.296 e. The van der Waals surface area contributed by atoms with Gasteiger partial charge < -0.3 is 19.2 Å². The number of hydrogen-bond acceptors (Lipinski definition) is 5. The zero-order chi connectivity index (χ0) is 24.8. The van der Waals surface area contributed by atoms with Crippen molar-refractivity contribution < 1.29 is 23.8 Å². The number of ketones is 1. The minimum Gasteiger partial charge on any atom is -0.507 e. The molecule has 2 heterocycles. The summed E-state index contributed by atoms with van der Waals surface area (Å²) in [6.07, 6.45) is 5.61. The molecule has 1 N–H and O–H groups in total. The van der Waals surface area contributed by atoms with Crippen LogP contribution in [-0.2, 0) is 22.6 Å². The standard InChI is InChI=1S/C29H31NO5/c1-3-5-6-17-34-23-15-13-22(14-16-23)27(31)25-26(21-11-9-20(4-2)10-12-21)30(29(33)28(25)32)19-24-8-7-18-35-24/h7-16,18,26,31H,3-6,17,19H2,1-2H3/b27-25-. The van der Waals surface area contributed by atoms with Gasteiger partial charge in [-0.05, 0) is 60.4 Å². The van der Waals surface area contributed by atoms with Gasteiger partial charge in [0.25, 0.3) is 11.7 Å². The van der Waals surface area contributed by atoms with E-state index in [1.54, 1.807) is 36.4 Å². The Morgan fingerprint density at radius 2 is 1.74 bits per heavy atom. The number of unbranched alkanes of at least 4 members (excludes halogenated alkanes) is 2. The SMILES string of the molecule is CCCCCOc1ccc(/C(O)=C2/C(=O)C(=O)N(Cc3ccco3)C2c2ccc(CC)cc2)cc1. The number of carbonyl (C=O) groups excluding carboxylic acids is 2. The second-order valence-corrected chi connectivity index (χ2v) is 8.68. The van der Waals surface area contributed by atoms with Crippen LogP contribution in [0.3, 0.4) is 0 Å². The van der Waals surface area contributed by atoms with Crippen LogP contribution < -0.4 is 4.74 Å². The Morgan fingerprint density at radius 3 is 2.37 bits per heavy atom. The topological polar surface area (TPSA) is 80.0 Å². The van der Waals surface area contributed by atoms with Gasteiger partial charge in [0, 0.05) is 5.56 Å². The minimum atomic E-state index is -0.726. The largest absolute Gasteiger partial charge is 0.507 e. The van der Waals surface area contributed by atoms with E-state index in [1.165, 1.54) is 11.2 Å². The molecule has 0 bridgehead atoms. The monoisotopic (exact) mass is 473 g/mol. The van der Waals surface area contributed by atoms with Crippen LogP contribution in [0.5, 0.6) is 5.75 Å². The smallest absolute Gasteiger partial charge is 0.296 e. The van der Waals surface area contributed by atoms with E-state index in [0.29, 0.717) is 23.7 Å². The van der Waals surface area contributed by atoms with Crippen LogP contribution in [0.4, 0.5) is 0 Å². The number of ether oxygens (including phenoxy) is 1. The number of Topliss-reactive ketones (excluding diaryl/α,β-unsaturated/α-hetero) is 1. The molecule has 6 heteroatoms. The molecular weight excluding hydrogens is 442 g/mol. The average Bonchev–Trinajstić information content (AvgIpc) is 3.49. The highest BCUT2D eigenvalue weighted by Gasteiger charge is 2.46. The Balaban J connectivity index is 1.69. The number of hydrogen-bond donors (Lipinski definition) is 1. The lowest BCUT2D eigenvalue weighted by atomic mass is 9.94. The van der Waals surface area contributed by atoms with E-state index in [2.05, 4.69) is 13.8 Å². The van der Waals surface area contributed by atoms with Crippen molar-refractivity contribution in [1.82, 2.24) is 4.90 Å². The summed E-state index contributed by atoms with van der Waals surface area (Å²) >= 11 is 0. The molecule has 1 unspecified atom stereocenters. The fourth-order valence-electron chi connectivity index (χ4n) is 4.30. The first kappa shape index (κ1) is 24.3. The van der Waals surface area contributed by atoms with Crippen molar-refractivity contribution in [2.45, 2.75) is 52.1 Å². The van der Waals surface area contributed by atoms with Gasteiger partial charge in [-0.25, -0.2) is 0 Å². The predicted molar refractivity (Wildman–Crippen MR) is 134 cm³/mol. The number of aryl methyl sites for hydroxylation is 1. The summed E-state index contributed by atoms with van der Waals surface area (Å²) in [6, 6.07) is 17.5. The lowest BCUT2D eigenvalue weighted by Crippen LogP contribution is -2.29. The van der Waals surface area contributed by atoms with Crippen molar-refractivity contribution in [3.63, 3.8) is 0 Å². The van der Waals surface area contributed by atoms with Gasteiger partial charge in [-0.1, -0.05) is 51.0 Å². The third-order valence-electron chi connectivity index (χ3n) is 6.29. The van der Waals surface area contributed by atoms with E-state index in [4.69, 9.17) is 9.15 Å². The van der Waals surface area contributed by atoms with Crippen LogP contribution in [0, 0.1) is 0 Å². The van der Waals surface area contributed by atoms with Crippen LogP contribution in [0.15, 0.2) is 76.9 Å². The predicted octanol–water partition coefficient (Wildman–Crippen LogP) is 6.03. The molecular formula is C29H31NO5. The lowest BCUT2D eigenvalue weighted by Gasteiger charge is -2.24. The summed E-state index contributed by atoms with van der Waals surface area (Å²) in [5.41, 5.74) is 2.43. The molecule has 1 aliphatic heterocycles. The molecule has 1 amide bonds. The molecule has 1 fully saturated rings. The van der Waals surface area contributed by atoms with Gasteiger partial charge in [0.05, 0.1) is 31.0 Å². The number of aliphatic hydroxyl groups excluding tert-OH is 1. The lowest BCUT2D eigenvalue weighted by molar-refractivity contribution is -0.140. The number of amides is 1. The van der Waals surface area contributed by atoms with Gasteiger partial charge in [-0.15, -0.1) is 0 Å². The number of nitrogens with zero attached hydrogens (tertiary/aromatic N) is 1. The van der Waals surface area contributed by atoms with Crippen LogP contribution in [0.25, 0.3) is 5.76 Å². The first-order valence-electron chi connectivity index (χ1n) is 12.2. The second-order valence-electron chi connectivity index (χ2n) is 8.68. The summed E-state index contributed by atoms with van der Waals surface area (Å²) < 4.78 is 11.2. The van der Waals surface area contributed by atoms with E-state index in [-0.39, 0.29) is 17.9 Å². The van der Waals surface area contributed by atoms with Crippen molar-refractivity contribution in [2.24, 2.45) is 0 Å². The molecule has 0 aliphatic carbocycles. The van der Waals surface area contributed by atoms with Crippen molar-refractivity contribution in [1.29, 1.82) is 0 Å². The Morgan fingerprint density at radius 1 is 1.00 bits per heavy atom. The molecule has 1 aromatic heterocycles. The molecule has 4 rings (SSSR count). The molecule has 1 aliphatic rings. The van der Waals surface area contributed by atoms with Gasteiger partial charge in [0.2, 0.25) is 0 Å². The number of rotatable bonds is 10. The first-order chi connectivity index (χ1) is 17.0. The zero-order valence-electron chi connectivity index (χ0n) is 20.2. The third-order valence-corrected chi connectivity index (χ3v) is 6.29. The van der Waals surface area contributed by atoms with E-state index in [1.807, 2.05) is 24.3 Å². The summed E-state index contributed by atoms with van der Waals surface area (Å²) in [5.74, 6) is -0.316. The van der Waals surface area contributed by atoms with E-state index in [0.717, 1.165) is 36.8 Å². The van der Waals surface area contributed by atoms with Crippen LogP contribution >= 0.6 is 0 Å². The number of benzene rings is 2. The van der Waals surface area contributed by atoms with Crippen LogP contribution in [0.2, 0.25) is 0 Å². The quantitative estimate of drug-likeness (QED) is 0.168.